The number of methoxy groups -OCH3 is 1. The van der Waals surface area contributed by atoms with Crippen LogP contribution >= 0.6 is 0 Å². The van der Waals surface area contributed by atoms with E-state index in [2.05, 4.69) is 0 Å². The molecule has 1 unspecified atom stereocenters. The van der Waals surface area contributed by atoms with Crippen molar-refractivity contribution in [1.29, 1.82) is 0 Å². The summed E-state index contributed by atoms with van der Waals surface area (Å²) in [6.45, 7) is 2.41. The van der Waals surface area contributed by atoms with Crippen molar-refractivity contribution in [2.75, 3.05) is 13.7 Å². The van der Waals surface area contributed by atoms with Gasteiger partial charge in [-0.1, -0.05) is 42.1 Å². The molecule has 1 aliphatic heterocycles. The number of ether oxygens (including phenoxy) is 1. The first-order chi connectivity index (χ1) is 10.1. The van der Waals surface area contributed by atoms with Gasteiger partial charge in [0, 0.05) is 24.7 Å². The fourth-order valence-electron chi connectivity index (χ4n) is 2.90. The Kier molecular flexibility index (Phi) is 3.51. The highest BCUT2D eigenvalue weighted by Crippen LogP contribution is 2.31. The van der Waals surface area contributed by atoms with Gasteiger partial charge in [-0.05, 0) is 17.2 Å². The van der Waals surface area contributed by atoms with Crippen LogP contribution in [0.4, 0.5) is 5.69 Å². The van der Waals surface area contributed by atoms with Gasteiger partial charge in [0.25, 0.3) is 5.69 Å². The van der Waals surface area contributed by atoms with Crippen LogP contribution < -0.4 is 10.9 Å². The van der Waals surface area contributed by atoms with Crippen LogP contribution in [-0.4, -0.2) is 25.9 Å². The third-order valence-corrected chi connectivity index (χ3v) is 3.91. The summed E-state index contributed by atoms with van der Waals surface area (Å²) in [7, 11) is 3.61. The number of hydrogen-bond acceptors (Lipinski definition) is 3. The van der Waals surface area contributed by atoms with Gasteiger partial charge in [-0.2, -0.15) is 0 Å². The summed E-state index contributed by atoms with van der Waals surface area (Å²) in [5, 5.41) is 11.4. The molecular weight excluding hydrogens is 265 g/mol. The first-order valence-electron chi connectivity index (χ1n) is 6.87. The highest BCUT2D eigenvalue weighted by molar-refractivity contribution is 6.73. The maximum absolute atomic E-state index is 11.4. The van der Waals surface area contributed by atoms with Crippen molar-refractivity contribution in [2.24, 2.45) is 0 Å². The van der Waals surface area contributed by atoms with Gasteiger partial charge >= 0.3 is 0 Å². The molecule has 21 heavy (non-hydrogen) atoms. The lowest BCUT2D eigenvalue weighted by molar-refractivity contribution is -0.385. The molecule has 0 spiro atoms. The first kappa shape index (κ1) is 13.8. The highest BCUT2D eigenvalue weighted by atomic mass is 16.6. The van der Waals surface area contributed by atoms with Gasteiger partial charge in [0.15, 0.2) is 7.28 Å². The van der Waals surface area contributed by atoms with E-state index in [1.165, 1.54) is 0 Å². The van der Waals surface area contributed by atoms with Gasteiger partial charge in [0.05, 0.1) is 11.5 Å². The monoisotopic (exact) mass is 280 g/mol. The number of rotatable bonds is 4. The second kappa shape index (κ2) is 5.33. The van der Waals surface area contributed by atoms with E-state index >= 15 is 0 Å². The van der Waals surface area contributed by atoms with E-state index < -0.39 is 0 Å². The molecule has 1 aliphatic rings. The molecule has 3 rings (SSSR count). The Hall–Kier alpha value is -2.14. The summed E-state index contributed by atoms with van der Waals surface area (Å²) >= 11 is 0. The molecule has 0 saturated heterocycles. The van der Waals surface area contributed by atoms with Crippen molar-refractivity contribution in [3.05, 3.63) is 52.1 Å². The van der Waals surface area contributed by atoms with E-state index in [4.69, 9.17) is 4.74 Å². The van der Waals surface area contributed by atoms with Crippen LogP contribution in [-0.2, 0) is 4.74 Å². The Morgan fingerprint density at radius 1 is 1.24 bits per heavy atom. The van der Waals surface area contributed by atoms with Crippen LogP contribution in [0.2, 0.25) is 0 Å². The molecule has 0 aliphatic carbocycles. The predicted molar refractivity (Wildman–Crippen MR) is 83.8 cm³/mol. The minimum absolute atomic E-state index is 0.0199. The van der Waals surface area contributed by atoms with Crippen LogP contribution in [0.3, 0.4) is 0 Å². The maximum atomic E-state index is 11.4. The number of fused-ring (bicyclic) bond motifs is 3. The minimum Gasteiger partial charge on any atom is -0.384 e. The zero-order valence-corrected chi connectivity index (χ0v) is 12.0. The fourth-order valence-corrected chi connectivity index (χ4v) is 2.90. The van der Waals surface area contributed by atoms with Crippen LogP contribution in [0.5, 0.6) is 0 Å². The van der Waals surface area contributed by atoms with Crippen molar-refractivity contribution in [3.8, 4) is 11.1 Å². The molecule has 1 heterocycles. The van der Waals surface area contributed by atoms with Crippen molar-refractivity contribution in [3.63, 3.8) is 0 Å². The molecule has 1 radical (unpaired) electrons. The van der Waals surface area contributed by atoms with Crippen LogP contribution in [0.1, 0.15) is 18.4 Å². The van der Waals surface area contributed by atoms with E-state index in [0.29, 0.717) is 6.61 Å². The van der Waals surface area contributed by atoms with Gasteiger partial charge in [0.2, 0.25) is 0 Å². The van der Waals surface area contributed by atoms with Gasteiger partial charge in [0.1, 0.15) is 0 Å². The van der Waals surface area contributed by atoms with Gasteiger partial charge in [-0.15, -0.1) is 0 Å². The SMILES string of the molecule is COCC(C)c1cc2c(cc1[N+](=O)[O-])[B]c1ccccc1-2. The zero-order chi connectivity index (χ0) is 15.0. The summed E-state index contributed by atoms with van der Waals surface area (Å²) in [6, 6.07) is 11.7. The molecule has 0 aromatic heterocycles. The molecule has 0 N–H and O–H groups in total. The first-order valence-corrected chi connectivity index (χ1v) is 6.87. The summed E-state index contributed by atoms with van der Waals surface area (Å²) < 4.78 is 5.15. The molecule has 0 bridgehead atoms. The number of benzene rings is 2. The molecule has 4 nitrogen and oxygen atoms in total. The average molecular weight is 280 g/mol. The van der Waals surface area contributed by atoms with E-state index in [1.807, 2.05) is 44.5 Å². The molecular formula is C16H15BNO3. The Labute approximate surface area is 124 Å². The molecule has 2 aromatic carbocycles. The zero-order valence-electron chi connectivity index (χ0n) is 12.0. The maximum Gasteiger partial charge on any atom is 0.272 e. The molecule has 1 atom stereocenters. The van der Waals surface area contributed by atoms with Crippen LogP contribution in [0.15, 0.2) is 36.4 Å². The van der Waals surface area contributed by atoms with Gasteiger partial charge in [-0.3, -0.25) is 10.1 Å². The molecule has 0 fully saturated rings. The fraction of sp³-hybridized carbons (Fsp3) is 0.250. The van der Waals surface area contributed by atoms with Gasteiger partial charge < -0.3 is 4.74 Å². The quantitative estimate of drug-likeness (QED) is 0.417. The van der Waals surface area contributed by atoms with E-state index in [9.17, 15) is 10.1 Å². The number of nitro benzene ring substituents is 1. The lowest BCUT2D eigenvalue weighted by Crippen LogP contribution is -2.21. The normalized spacial score (nSPS) is 13.2. The molecule has 0 saturated carbocycles. The topological polar surface area (TPSA) is 52.4 Å². The molecule has 0 amide bonds. The van der Waals surface area contributed by atoms with Crippen molar-refractivity contribution >= 4 is 23.9 Å². The number of nitrogens with zero attached hydrogens (tertiary/aromatic N) is 1. The van der Waals surface area contributed by atoms with Crippen molar-refractivity contribution in [2.45, 2.75) is 12.8 Å². The summed E-state index contributed by atoms with van der Waals surface area (Å²) in [5.74, 6) is -0.0199. The third-order valence-electron chi connectivity index (χ3n) is 3.91. The molecule has 5 heteroatoms. The minimum atomic E-state index is -0.307. The summed E-state index contributed by atoms with van der Waals surface area (Å²) in [6.07, 6.45) is 0. The largest absolute Gasteiger partial charge is 0.384 e. The lowest BCUT2D eigenvalue weighted by atomic mass is 9.68. The van der Waals surface area contributed by atoms with Crippen LogP contribution in [0.25, 0.3) is 11.1 Å². The predicted octanol–water partition coefficient (Wildman–Crippen LogP) is 1.98. The number of nitro groups is 1. The summed E-state index contributed by atoms with van der Waals surface area (Å²) in [4.78, 5) is 11.0. The number of hydrogen-bond donors (Lipinski definition) is 0. The standard InChI is InChI=1S/C16H15BNO3/c1-10(9-21-2)12-7-13-11-5-3-4-6-14(11)17-15(13)8-16(12)18(19)20/h3-8,10H,9H2,1-2H3. The molecule has 105 valence electrons. The third kappa shape index (κ3) is 2.34. The van der Waals surface area contributed by atoms with Crippen molar-refractivity contribution < 1.29 is 9.66 Å². The lowest BCUT2D eigenvalue weighted by Gasteiger charge is -2.13. The Balaban J connectivity index is 2.16. The Bertz CT molecular complexity index is 715. The highest BCUT2D eigenvalue weighted by Gasteiger charge is 2.27. The van der Waals surface area contributed by atoms with E-state index in [0.717, 1.165) is 27.6 Å². The van der Waals surface area contributed by atoms with Crippen molar-refractivity contribution in [1.82, 2.24) is 0 Å². The Morgan fingerprint density at radius 3 is 2.71 bits per heavy atom. The second-order valence-corrected chi connectivity index (χ2v) is 5.34. The Morgan fingerprint density at radius 2 is 2.00 bits per heavy atom. The summed E-state index contributed by atoms with van der Waals surface area (Å²) in [5.41, 5.74) is 5.12. The molecule has 2 aromatic rings. The van der Waals surface area contributed by atoms with E-state index in [-0.39, 0.29) is 16.5 Å². The van der Waals surface area contributed by atoms with Gasteiger partial charge in [-0.25, -0.2) is 0 Å². The second-order valence-electron chi connectivity index (χ2n) is 5.34. The van der Waals surface area contributed by atoms with Crippen LogP contribution in [0, 0.1) is 10.1 Å². The van der Waals surface area contributed by atoms with E-state index in [1.54, 1.807) is 13.2 Å². The smallest absolute Gasteiger partial charge is 0.272 e. The average Bonchev–Trinajstić information content (AvgIpc) is 2.83.